The Kier molecular flexibility index (Phi) is 3.84. The van der Waals surface area contributed by atoms with Crippen LogP contribution in [-0.4, -0.2) is 29.1 Å². The van der Waals surface area contributed by atoms with Crippen molar-refractivity contribution in [2.24, 2.45) is 5.41 Å². The van der Waals surface area contributed by atoms with E-state index in [0.717, 1.165) is 0 Å². The zero-order valence-corrected chi connectivity index (χ0v) is 14.0. The molecule has 1 aliphatic carbocycles. The van der Waals surface area contributed by atoms with Crippen LogP contribution in [0.25, 0.3) is 0 Å². The zero-order valence-electron chi connectivity index (χ0n) is 12.5. The van der Waals surface area contributed by atoms with Crippen LogP contribution in [0, 0.1) is 5.41 Å². The lowest BCUT2D eigenvalue weighted by Crippen LogP contribution is -2.33. The normalized spacial score (nSPS) is 24.7. The third kappa shape index (κ3) is 2.93. The summed E-state index contributed by atoms with van der Waals surface area (Å²) in [6.07, 6.45) is -0.673. The number of anilines is 1. The van der Waals surface area contributed by atoms with Crippen LogP contribution in [0.4, 0.5) is 5.69 Å². The van der Waals surface area contributed by atoms with Gasteiger partial charge in [-0.25, -0.2) is 0 Å². The molecule has 23 heavy (non-hydrogen) atoms. The van der Waals surface area contributed by atoms with Crippen molar-refractivity contribution in [3.63, 3.8) is 0 Å². The van der Waals surface area contributed by atoms with Crippen LogP contribution in [0.2, 0.25) is 0 Å². The minimum Gasteiger partial charge on any atom is -0.454 e. The maximum absolute atomic E-state index is 12.1. The molecule has 124 valence electrons. The van der Waals surface area contributed by atoms with Gasteiger partial charge in [0.25, 0.3) is 5.91 Å². The van der Waals surface area contributed by atoms with Gasteiger partial charge in [-0.1, -0.05) is 0 Å². The summed E-state index contributed by atoms with van der Waals surface area (Å²) in [5, 5.41) is 2.65. The fraction of sp³-hybridized carbons (Fsp3) is 0.467. The summed E-state index contributed by atoms with van der Waals surface area (Å²) in [7, 11) is 0. The average molecular weight is 360 g/mol. The molecular formula is C15H15Cl2NO5. The highest BCUT2D eigenvalue weighted by Gasteiger charge is 2.69. The molecule has 1 saturated carbocycles. The van der Waals surface area contributed by atoms with Crippen LogP contribution >= 0.6 is 23.2 Å². The van der Waals surface area contributed by atoms with Gasteiger partial charge in [0.2, 0.25) is 6.79 Å². The number of carbonyl (C=O) groups is 2. The number of ether oxygens (including phenoxy) is 3. The largest absolute Gasteiger partial charge is 0.454 e. The number of fused-ring (bicyclic) bond motifs is 1. The lowest BCUT2D eigenvalue weighted by molar-refractivity contribution is -0.158. The van der Waals surface area contributed by atoms with Gasteiger partial charge in [0, 0.05) is 18.2 Å². The van der Waals surface area contributed by atoms with Gasteiger partial charge in [0.15, 0.2) is 17.6 Å². The molecule has 1 aromatic carbocycles. The minimum atomic E-state index is -1.13. The molecule has 6 nitrogen and oxygen atoms in total. The first-order valence-electron chi connectivity index (χ1n) is 7.02. The summed E-state index contributed by atoms with van der Waals surface area (Å²) >= 11 is 11.9. The highest BCUT2D eigenvalue weighted by Crippen LogP contribution is 2.64. The summed E-state index contributed by atoms with van der Waals surface area (Å²) < 4.78 is 14.5. The van der Waals surface area contributed by atoms with Gasteiger partial charge in [0.05, 0.1) is 0 Å². The summed E-state index contributed by atoms with van der Waals surface area (Å²) in [6, 6.07) is 5.00. The molecule has 2 atom stereocenters. The van der Waals surface area contributed by atoms with Crippen LogP contribution in [0.1, 0.15) is 20.3 Å². The van der Waals surface area contributed by atoms with Gasteiger partial charge in [-0.05, 0) is 26.0 Å². The lowest BCUT2D eigenvalue weighted by Gasteiger charge is -2.17. The smallest absolute Gasteiger partial charge is 0.315 e. The van der Waals surface area contributed by atoms with E-state index in [2.05, 4.69) is 5.32 Å². The molecule has 1 N–H and O–H groups in total. The van der Waals surface area contributed by atoms with E-state index in [1.165, 1.54) is 6.92 Å². The molecule has 2 aliphatic rings. The van der Waals surface area contributed by atoms with Crippen molar-refractivity contribution < 1.29 is 23.8 Å². The number of esters is 1. The highest BCUT2D eigenvalue weighted by molar-refractivity contribution is 6.53. The second-order valence-corrected chi connectivity index (χ2v) is 7.30. The monoisotopic (exact) mass is 359 g/mol. The predicted molar refractivity (Wildman–Crippen MR) is 83.9 cm³/mol. The van der Waals surface area contributed by atoms with Crippen molar-refractivity contribution in [1.29, 1.82) is 0 Å². The predicted octanol–water partition coefficient (Wildman–Crippen LogP) is 2.87. The number of nitrogens with one attached hydrogen (secondary N) is 1. The summed E-state index contributed by atoms with van der Waals surface area (Å²) in [5.41, 5.74) is -0.451. The van der Waals surface area contributed by atoms with Crippen molar-refractivity contribution in [3.05, 3.63) is 18.2 Å². The van der Waals surface area contributed by atoms with Gasteiger partial charge in [0.1, 0.15) is 9.75 Å². The number of hydrogen-bond acceptors (Lipinski definition) is 5. The standard InChI is InChI=1S/C15H15Cl2NO5/c1-8(23-13(20)14(2)6-15(14,16)17)12(19)18-9-3-4-10-11(5-9)22-7-21-10/h3-5,8H,6-7H2,1-2H3,(H,18,19)/t8-,14+/m0/s1. The fourth-order valence-electron chi connectivity index (χ4n) is 2.18. The van der Waals surface area contributed by atoms with Crippen LogP contribution in [0.5, 0.6) is 11.5 Å². The highest BCUT2D eigenvalue weighted by atomic mass is 35.5. The van der Waals surface area contributed by atoms with E-state index in [4.69, 9.17) is 37.4 Å². The summed E-state index contributed by atoms with van der Waals surface area (Å²) in [6.45, 7) is 3.24. The van der Waals surface area contributed by atoms with E-state index >= 15 is 0 Å². The Morgan fingerprint density at radius 3 is 2.61 bits per heavy atom. The number of hydrogen-bond donors (Lipinski definition) is 1. The first-order valence-corrected chi connectivity index (χ1v) is 7.78. The first-order chi connectivity index (χ1) is 10.7. The topological polar surface area (TPSA) is 73.9 Å². The molecule has 8 heteroatoms. The van der Waals surface area contributed by atoms with Crippen molar-refractivity contribution in [1.82, 2.24) is 0 Å². The van der Waals surface area contributed by atoms with E-state index in [-0.39, 0.29) is 6.79 Å². The molecule has 0 aromatic heterocycles. The quantitative estimate of drug-likeness (QED) is 0.660. The van der Waals surface area contributed by atoms with E-state index < -0.39 is 27.7 Å². The zero-order chi connectivity index (χ0) is 16.8. The Morgan fingerprint density at radius 2 is 1.96 bits per heavy atom. The second kappa shape index (κ2) is 5.46. The van der Waals surface area contributed by atoms with E-state index in [1.54, 1.807) is 25.1 Å². The van der Waals surface area contributed by atoms with Crippen molar-refractivity contribution in [2.45, 2.75) is 30.7 Å². The summed E-state index contributed by atoms with van der Waals surface area (Å²) in [5.74, 6) is 0.115. The van der Waals surface area contributed by atoms with Crippen LogP contribution in [0.15, 0.2) is 18.2 Å². The third-order valence-electron chi connectivity index (χ3n) is 4.00. The molecule has 1 aliphatic heterocycles. The Balaban J connectivity index is 1.59. The molecule has 1 aromatic rings. The molecule has 1 fully saturated rings. The van der Waals surface area contributed by atoms with Crippen LogP contribution in [0.3, 0.4) is 0 Å². The fourth-order valence-corrected chi connectivity index (χ4v) is 2.87. The van der Waals surface area contributed by atoms with Crippen molar-refractivity contribution in [2.75, 3.05) is 12.1 Å². The maximum atomic E-state index is 12.1. The summed E-state index contributed by atoms with van der Waals surface area (Å²) in [4.78, 5) is 24.2. The van der Waals surface area contributed by atoms with E-state index in [1.807, 2.05) is 0 Å². The van der Waals surface area contributed by atoms with Crippen LogP contribution in [-0.2, 0) is 14.3 Å². The number of rotatable bonds is 4. The Labute approximate surface area is 143 Å². The molecule has 0 unspecified atom stereocenters. The van der Waals surface area contributed by atoms with Crippen molar-refractivity contribution in [3.8, 4) is 11.5 Å². The molecular weight excluding hydrogens is 345 g/mol. The van der Waals surface area contributed by atoms with Gasteiger partial charge in [-0.3, -0.25) is 9.59 Å². The molecule has 1 amide bonds. The van der Waals surface area contributed by atoms with Gasteiger partial charge < -0.3 is 19.5 Å². The number of alkyl halides is 2. The number of benzene rings is 1. The second-order valence-electron chi connectivity index (χ2n) is 5.82. The van der Waals surface area contributed by atoms with E-state index in [9.17, 15) is 9.59 Å². The SMILES string of the molecule is C[C@H](OC(=O)[C@@]1(C)CC1(Cl)Cl)C(=O)Nc1ccc2c(c1)OCO2. The maximum Gasteiger partial charge on any atom is 0.315 e. The van der Waals surface area contributed by atoms with Gasteiger partial charge in [-0.2, -0.15) is 0 Å². The number of amides is 1. The average Bonchev–Trinajstić information content (AvgIpc) is 2.85. The van der Waals surface area contributed by atoms with Crippen LogP contribution < -0.4 is 14.8 Å². The van der Waals surface area contributed by atoms with Gasteiger partial charge in [-0.15, -0.1) is 23.2 Å². The Hall–Kier alpha value is -1.66. The van der Waals surface area contributed by atoms with Gasteiger partial charge >= 0.3 is 5.97 Å². The molecule has 0 saturated heterocycles. The molecule has 1 heterocycles. The lowest BCUT2D eigenvalue weighted by atomic mass is 10.1. The van der Waals surface area contributed by atoms with Crippen molar-refractivity contribution >= 4 is 40.8 Å². The molecule has 0 bridgehead atoms. The molecule has 0 radical (unpaired) electrons. The first kappa shape index (κ1) is 16.2. The minimum absolute atomic E-state index is 0.151. The molecule has 3 rings (SSSR count). The number of halogens is 2. The Bertz CT molecular complexity index is 678. The Morgan fingerprint density at radius 1 is 1.30 bits per heavy atom. The van der Waals surface area contributed by atoms with E-state index in [0.29, 0.717) is 23.6 Å². The number of carbonyl (C=O) groups excluding carboxylic acids is 2. The third-order valence-corrected chi connectivity index (χ3v) is 5.10. The molecule has 0 spiro atoms.